The lowest BCUT2D eigenvalue weighted by Crippen LogP contribution is -2.20. The van der Waals surface area contributed by atoms with Crippen molar-refractivity contribution in [2.45, 2.75) is 19.8 Å². The van der Waals surface area contributed by atoms with Crippen molar-refractivity contribution in [3.63, 3.8) is 0 Å². The Morgan fingerprint density at radius 1 is 1.33 bits per heavy atom. The van der Waals surface area contributed by atoms with E-state index < -0.39 is 0 Å². The zero-order valence-corrected chi connectivity index (χ0v) is 11.0. The lowest BCUT2D eigenvalue weighted by atomic mass is 9.88. The Kier molecular flexibility index (Phi) is 3.37. The molecular weight excluding hydrogens is 222 g/mol. The minimum Gasteiger partial charge on any atom is -0.351 e. The molecule has 0 N–H and O–H groups in total. The van der Waals surface area contributed by atoms with Crippen molar-refractivity contribution >= 4 is 11.5 Å². The molecule has 94 valence electrons. The number of ketones is 1. The average molecular weight is 241 g/mol. The van der Waals surface area contributed by atoms with Crippen molar-refractivity contribution in [1.82, 2.24) is 0 Å². The van der Waals surface area contributed by atoms with Gasteiger partial charge in [0.15, 0.2) is 5.78 Å². The van der Waals surface area contributed by atoms with Crippen molar-refractivity contribution in [3.05, 3.63) is 54.8 Å². The Morgan fingerprint density at radius 3 is 2.56 bits per heavy atom. The fourth-order valence-corrected chi connectivity index (χ4v) is 2.28. The van der Waals surface area contributed by atoms with Crippen LogP contribution in [0.5, 0.6) is 0 Å². The van der Waals surface area contributed by atoms with Crippen molar-refractivity contribution in [3.8, 4) is 0 Å². The molecule has 0 bridgehead atoms. The van der Waals surface area contributed by atoms with E-state index in [1.807, 2.05) is 55.4 Å². The van der Waals surface area contributed by atoms with E-state index in [0.29, 0.717) is 0 Å². The summed E-state index contributed by atoms with van der Waals surface area (Å²) >= 11 is 0. The van der Waals surface area contributed by atoms with E-state index in [-0.39, 0.29) is 11.2 Å². The summed E-state index contributed by atoms with van der Waals surface area (Å²) in [6, 6.07) is 10.0. The molecule has 2 nitrogen and oxygen atoms in total. The number of carbonyl (C=O) groups is 1. The number of carbonyl (C=O) groups excluding carboxylic acids is 1. The summed E-state index contributed by atoms with van der Waals surface area (Å²) < 4.78 is 0. The van der Waals surface area contributed by atoms with Crippen LogP contribution < -0.4 is 4.90 Å². The summed E-state index contributed by atoms with van der Waals surface area (Å²) in [5, 5.41) is 0. The first kappa shape index (κ1) is 12.6. The molecular formula is C16H19NO. The SMILES string of the molecule is C=C[C@]1(C)CC/C(=C/N(C)c2ccccc2)C1=O. The van der Waals surface area contributed by atoms with Crippen LogP contribution in [-0.4, -0.2) is 12.8 Å². The van der Waals surface area contributed by atoms with E-state index in [4.69, 9.17) is 0 Å². The molecule has 0 spiro atoms. The van der Waals surface area contributed by atoms with Crippen LogP contribution in [0.25, 0.3) is 0 Å². The third-order valence-corrected chi connectivity index (χ3v) is 3.69. The minimum absolute atomic E-state index is 0.209. The van der Waals surface area contributed by atoms with E-state index in [1.54, 1.807) is 6.08 Å². The largest absolute Gasteiger partial charge is 0.351 e. The lowest BCUT2D eigenvalue weighted by Gasteiger charge is -2.17. The molecule has 0 aliphatic heterocycles. The van der Waals surface area contributed by atoms with Crippen molar-refractivity contribution in [2.75, 3.05) is 11.9 Å². The summed E-state index contributed by atoms with van der Waals surface area (Å²) in [7, 11) is 1.97. The van der Waals surface area contributed by atoms with E-state index in [1.165, 1.54) is 0 Å². The summed E-state index contributed by atoms with van der Waals surface area (Å²) in [4.78, 5) is 14.3. The van der Waals surface area contributed by atoms with E-state index >= 15 is 0 Å². The maximum Gasteiger partial charge on any atom is 0.169 e. The van der Waals surface area contributed by atoms with Crippen LogP contribution >= 0.6 is 0 Å². The van der Waals surface area contributed by atoms with Gasteiger partial charge in [0.2, 0.25) is 0 Å². The molecule has 1 aliphatic rings. The van der Waals surface area contributed by atoms with Crippen molar-refractivity contribution in [2.24, 2.45) is 5.41 Å². The predicted octanol–water partition coefficient (Wildman–Crippen LogP) is 3.56. The predicted molar refractivity (Wildman–Crippen MR) is 75.5 cm³/mol. The molecule has 2 heteroatoms. The van der Waals surface area contributed by atoms with Crippen LogP contribution in [0.15, 0.2) is 54.8 Å². The molecule has 1 aromatic carbocycles. The number of hydrogen-bond donors (Lipinski definition) is 0. The fourth-order valence-electron chi connectivity index (χ4n) is 2.28. The second kappa shape index (κ2) is 4.81. The molecule has 1 aromatic rings. The standard InChI is InChI=1S/C16H19NO/c1-4-16(2)11-10-13(15(16)18)12-17(3)14-8-6-5-7-9-14/h4-9,12H,1,10-11H2,2-3H3/b13-12-/t16-/m1/s1. The highest BCUT2D eigenvalue weighted by Crippen LogP contribution is 2.38. The molecule has 1 saturated carbocycles. The van der Waals surface area contributed by atoms with E-state index in [0.717, 1.165) is 24.1 Å². The Labute approximate surface area is 109 Å². The van der Waals surface area contributed by atoms with Crippen LogP contribution in [0.2, 0.25) is 0 Å². The Balaban J connectivity index is 2.21. The topological polar surface area (TPSA) is 20.3 Å². The van der Waals surface area contributed by atoms with Gasteiger partial charge in [-0.15, -0.1) is 6.58 Å². The maximum atomic E-state index is 12.3. The fraction of sp³-hybridized carbons (Fsp3) is 0.312. The van der Waals surface area contributed by atoms with Gasteiger partial charge in [0.05, 0.1) is 0 Å². The first-order chi connectivity index (χ1) is 8.57. The monoisotopic (exact) mass is 241 g/mol. The molecule has 1 aliphatic carbocycles. The molecule has 18 heavy (non-hydrogen) atoms. The highest BCUT2D eigenvalue weighted by atomic mass is 16.1. The Morgan fingerprint density at radius 2 is 2.00 bits per heavy atom. The summed E-state index contributed by atoms with van der Waals surface area (Å²) in [5.41, 5.74) is 1.61. The number of Topliss-reactive ketones (excluding diaryl/α,β-unsaturated/α-hetero) is 1. The molecule has 1 fully saturated rings. The van der Waals surface area contributed by atoms with Gasteiger partial charge in [-0.2, -0.15) is 0 Å². The smallest absolute Gasteiger partial charge is 0.169 e. The van der Waals surface area contributed by atoms with Gasteiger partial charge < -0.3 is 4.90 Å². The summed E-state index contributed by atoms with van der Waals surface area (Å²) in [5.74, 6) is 0.209. The Hall–Kier alpha value is -1.83. The molecule has 0 saturated heterocycles. The first-order valence-corrected chi connectivity index (χ1v) is 6.24. The van der Waals surface area contributed by atoms with Gasteiger partial charge in [-0.25, -0.2) is 0 Å². The van der Waals surface area contributed by atoms with E-state index in [2.05, 4.69) is 6.58 Å². The van der Waals surface area contributed by atoms with Gasteiger partial charge in [-0.1, -0.05) is 24.3 Å². The van der Waals surface area contributed by atoms with Crippen molar-refractivity contribution in [1.29, 1.82) is 0 Å². The number of nitrogens with zero attached hydrogens (tertiary/aromatic N) is 1. The summed E-state index contributed by atoms with van der Waals surface area (Å²) in [6.45, 7) is 5.74. The van der Waals surface area contributed by atoms with Crippen molar-refractivity contribution < 1.29 is 4.79 Å². The maximum absolute atomic E-state index is 12.3. The zero-order chi connectivity index (χ0) is 13.2. The van der Waals surface area contributed by atoms with E-state index in [9.17, 15) is 4.79 Å². The number of allylic oxidation sites excluding steroid dienone is 2. The molecule has 0 amide bonds. The third kappa shape index (κ3) is 2.23. The number of rotatable bonds is 3. The van der Waals surface area contributed by atoms with Gasteiger partial charge in [-0.05, 0) is 31.9 Å². The zero-order valence-electron chi connectivity index (χ0n) is 11.0. The normalized spacial score (nSPS) is 25.4. The lowest BCUT2D eigenvalue weighted by molar-refractivity contribution is -0.120. The number of anilines is 1. The molecule has 0 aromatic heterocycles. The molecule has 1 atom stereocenters. The van der Waals surface area contributed by atoms with Crippen LogP contribution in [0.1, 0.15) is 19.8 Å². The molecule has 0 unspecified atom stereocenters. The summed E-state index contributed by atoms with van der Waals surface area (Å²) in [6.07, 6.45) is 5.42. The van der Waals surface area contributed by atoms with Gasteiger partial charge in [-0.3, -0.25) is 4.79 Å². The highest BCUT2D eigenvalue weighted by molar-refractivity contribution is 6.03. The van der Waals surface area contributed by atoms with Gasteiger partial charge in [0, 0.05) is 29.9 Å². The van der Waals surface area contributed by atoms with Crippen LogP contribution in [0.4, 0.5) is 5.69 Å². The second-order valence-electron chi connectivity index (χ2n) is 5.05. The molecule has 2 rings (SSSR count). The number of para-hydroxylation sites is 1. The van der Waals surface area contributed by atoms with Gasteiger partial charge in [0.25, 0.3) is 0 Å². The first-order valence-electron chi connectivity index (χ1n) is 6.24. The third-order valence-electron chi connectivity index (χ3n) is 3.69. The van der Waals surface area contributed by atoms with Gasteiger partial charge in [0.1, 0.15) is 0 Å². The van der Waals surface area contributed by atoms with Crippen LogP contribution in [-0.2, 0) is 4.79 Å². The molecule has 0 radical (unpaired) electrons. The van der Waals surface area contributed by atoms with Crippen LogP contribution in [0, 0.1) is 5.41 Å². The number of hydrogen-bond acceptors (Lipinski definition) is 2. The second-order valence-corrected chi connectivity index (χ2v) is 5.05. The van der Waals surface area contributed by atoms with Gasteiger partial charge >= 0.3 is 0 Å². The quantitative estimate of drug-likeness (QED) is 0.595. The highest BCUT2D eigenvalue weighted by Gasteiger charge is 2.38. The van der Waals surface area contributed by atoms with Crippen LogP contribution in [0.3, 0.4) is 0 Å². The minimum atomic E-state index is -0.372. The molecule has 0 heterocycles. The average Bonchev–Trinajstić information content (AvgIpc) is 2.69. The number of benzene rings is 1. The Bertz CT molecular complexity index is 489.